The maximum atomic E-state index is 13.1. The number of Topliss-reactive ketones (excluding diaryl/α,β-unsaturated/α-hetero) is 1. The number of halogens is 1. The van der Waals surface area contributed by atoms with E-state index in [4.69, 9.17) is 0 Å². The molecule has 1 aromatic heterocycles. The highest BCUT2D eigenvalue weighted by atomic mass is 19.1. The summed E-state index contributed by atoms with van der Waals surface area (Å²) in [5.41, 5.74) is 2.24. The van der Waals surface area contributed by atoms with Gasteiger partial charge < -0.3 is 9.47 Å². The molecule has 1 saturated heterocycles. The van der Waals surface area contributed by atoms with E-state index in [0.717, 1.165) is 29.3 Å². The van der Waals surface area contributed by atoms with Crippen LogP contribution in [0.15, 0.2) is 54.7 Å². The molecule has 4 nitrogen and oxygen atoms in total. The lowest BCUT2D eigenvalue weighted by atomic mass is 10.1. The summed E-state index contributed by atoms with van der Waals surface area (Å²) in [5, 5.41) is 0.771. The van der Waals surface area contributed by atoms with Crippen LogP contribution in [-0.2, 0) is 11.3 Å². The van der Waals surface area contributed by atoms with Gasteiger partial charge in [-0.2, -0.15) is 0 Å². The summed E-state index contributed by atoms with van der Waals surface area (Å²) in [4.78, 5) is 27.0. The van der Waals surface area contributed by atoms with E-state index >= 15 is 0 Å². The number of carbonyl (C=O) groups excluding carboxylic acids is 2. The average Bonchev–Trinajstić information content (AvgIpc) is 3.31. The fourth-order valence-electron chi connectivity index (χ4n) is 3.52. The van der Waals surface area contributed by atoms with Gasteiger partial charge >= 0.3 is 0 Å². The summed E-state index contributed by atoms with van der Waals surface area (Å²) < 4.78 is 15.1. The van der Waals surface area contributed by atoms with E-state index in [1.165, 1.54) is 12.1 Å². The summed E-state index contributed by atoms with van der Waals surface area (Å²) in [7, 11) is 0. The number of rotatable bonds is 4. The molecule has 0 bridgehead atoms. The third-order valence-corrected chi connectivity index (χ3v) is 4.89. The van der Waals surface area contributed by atoms with Crippen LogP contribution in [0, 0.1) is 5.82 Å². The number of aromatic nitrogens is 1. The molecule has 0 radical (unpaired) electrons. The van der Waals surface area contributed by atoms with Crippen LogP contribution in [0.4, 0.5) is 4.39 Å². The molecule has 1 aliphatic rings. The predicted molar refractivity (Wildman–Crippen MR) is 97.6 cm³/mol. The lowest BCUT2D eigenvalue weighted by Gasteiger charge is -2.13. The van der Waals surface area contributed by atoms with Crippen LogP contribution in [0.1, 0.15) is 28.8 Å². The number of nitrogens with zero attached hydrogens (tertiary/aromatic N) is 2. The lowest BCUT2D eigenvalue weighted by molar-refractivity contribution is -0.125. The Bertz CT molecular complexity index is 969. The molecule has 0 aliphatic carbocycles. The molecule has 132 valence electrons. The Kier molecular flexibility index (Phi) is 4.29. The van der Waals surface area contributed by atoms with Crippen molar-refractivity contribution >= 4 is 22.6 Å². The number of fused-ring (bicyclic) bond motifs is 1. The summed E-state index contributed by atoms with van der Waals surface area (Å²) >= 11 is 0. The van der Waals surface area contributed by atoms with E-state index in [9.17, 15) is 14.0 Å². The Morgan fingerprint density at radius 3 is 2.38 bits per heavy atom. The fraction of sp³-hybridized carbons (Fsp3) is 0.238. The smallest absolute Gasteiger partial charge is 0.295 e. The van der Waals surface area contributed by atoms with Crippen molar-refractivity contribution in [2.75, 3.05) is 13.1 Å². The molecule has 0 N–H and O–H groups in total. The summed E-state index contributed by atoms with van der Waals surface area (Å²) in [6.07, 6.45) is 3.64. The van der Waals surface area contributed by atoms with E-state index in [-0.39, 0.29) is 5.82 Å². The summed E-state index contributed by atoms with van der Waals surface area (Å²) in [6.45, 7) is 1.81. The molecule has 0 saturated carbocycles. The molecule has 3 aromatic rings. The Morgan fingerprint density at radius 1 is 0.962 bits per heavy atom. The SMILES string of the molecule is O=C(C(=O)N1CCCC1)c1cn(Cc2ccc(F)cc2)c2ccccc12. The maximum Gasteiger partial charge on any atom is 0.295 e. The van der Waals surface area contributed by atoms with Crippen molar-refractivity contribution in [1.29, 1.82) is 0 Å². The van der Waals surface area contributed by atoms with E-state index in [1.54, 1.807) is 23.2 Å². The van der Waals surface area contributed by atoms with Gasteiger partial charge in [-0.05, 0) is 36.6 Å². The molecule has 0 atom stereocenters. The Morgan fingerprint density at radius 2 is 1.65 bits per heavy atom. The standard InChI is InChI=1S/C21H19FN2O2/c22-16-9-7-15(8-10-16)13-24-14-18(17-5-1-2-6-19(17)24)20(25)21(26)23-11-3-4-12-23/h1-2,5-10,14H,3-4,11-13H2. The molecule has 1 aliphatic heterocycles. The van der Waals surface area contributed by atoms with Gasteiger partial charge in [-0.25, -0.2) is 4.39 Å². The number of para-hydroxylation sites is 1. The third kappa shape index (κ3) is 3.01. The van der Waals surface area contributed by atoms with E-state index in [0.29, 0.717) is 25.2 Å². The number of amides is 1. The van der Waals surface area contributed by atoms with E-state index < -0.39 is 11.7 Å². The van der Waals surface area contributed by atoms with Crippen LogP contribution in [-0.4, -0.2) is 34.2 Å². The Labute approximate surface area is 150 Å². The molecule has 26 heavy (non-hydrogen) atoms. The zero-order chi connectivity index (χ0) is 18.1. The monoisotopic (exact) mass is 350 g/mol. The van der Waals surface area contributed by atoms with Crippen LogP contribution in [0.25, 0.3) is 10.9 Å². The highest BCUT2D eigenvalue weighted by Crippen LogP contribution is 2.24. The van der Waals surface area contributed by atoms with Crippen molar-refractivity contribution < 1.29 is 14.0 Å². The van der Waals surface area contributed by atoms with E-state index in [1.807, 2.05) is 28.8 Å². The van der Waals surface area contributed by atoms with Crippen LogP contribution >= 0.6 is 0 Å². The molecule has 0 unspecified atom stereocenters. The van der Waals surface area contributed by atoms with Crippen LogP contribution in [0.2, 0.25) is 0 Å². The number of likely N-dealkylation sites (tertiary alicyclic amines) is 1. The minimum atomic E-state index is -0.457. The van der Waals surface area contributed by atoms with Crippen molar-refractivity contribution in [2.24, 2.45) is 0 Å². The van der Waals surface area contributed by atoms with Gasteiger partial charge in [-0.3, -0.25) is 9.59 Å². The molecule has 2 aromatic carbocycles. The van der Waals surface area contributed by atoms with Gasteiger partial charge in [0.15, 0.2) is 0 Å². The quantitative estimate of drug-likeness (QED) is 0.533. The van der Waals surface area contributed by atoms with Gasteiger partial charge in [0.05, 0.1) is 5.56 Å². The number of carbonyl (C=O) groups is 2. The zero-order valence-corrected chi connectivity index (χ0v) is 14.3. The second-order valence-electron chi connectivity index (χ2n) is 6.64. The molecular weight excluding hydrogens is 331 g/mol. The first-order valence-corrected chi connectivity index (χ1v) is 8.79. The largest absolute Gasteiger partial charge is 0.342 e. The maximum absolute atomic E-state index is 13.1. The lowest BCUT2D eigenvalue weighted by Crippen LogP contribution is -2.34. The first kappa shape index (κ1) is 16.5. The number of hydrogen-bond acceptors (Lipinski definition) is 2. The second-order valence-corrected chi connectivity index (χ2v) is 6.64. The molecule has 4 rings (SSSR count). The van der Waals surface area contributed by atoms with Crippen molar-refractivity contribution in [3.05, 3.63) is 71.7 Å². The van der Waals surface area contributed by atoms with Crippen LogP contribution < -0.4 is 0 Å². The number of ketones is 1. The minimum Gasteiger partial charge on any atom is -0.342 e. The Hall–Kier alpha value is -2.95. The van der Waals surface area contributed by atoms with Crippen molar-refractivity contribution in [3.8, 4) is 0 Å². The molecule has 1 amide bonds. The summed E-state index contributed by atoms with van der Waals surface area (Å²) in [5.74, 6) is -1.16. The fourth-order valence-corrected chi connectivity index (χ4v) is 3.52. The Balaban J connectivity index is 1.70. The van der Waals surface area contributed by atoms with Gasteiger partial charge in [0.1, 0.15) is 5.82 Å². The molecule has 0 spiro atoms. The number of benzene rings is 2. The highest BCUT2D eigenvalue weighted by molar-refractivity contribution is 6.44. The van der Waals surface area contributed by atoms with Crippen LogP contribution in [0.5, 0.6) is 0 Å². The first-order valence-electron chi connectivity index (χ1n) is 8.79. The highest BCUT2D eigenvalue weighted by Gasteiger charge is 2.27. The van der Waals surface area contributed by atoms with Gasteiger partial charge in [0, 0.05) is 36.7 Å². The molecular formula is C21H19FN2O2. The van der Waals surface area contributed by atoms with E-state index in [2.05, 4.69) is 0 Å². The third-order valence-electron chi connectivity index (χ3n) is 4.89. The van der Waals surface area contributed by atoms with Crippen molar-refractivity contribution in [2.45, 2.75) is 19.4 Å². The minimum absolute atomic E-state index is 0.279. The first-order chi connectivity index (χ1) is 12.6. The molecule has 2 heterocycles. The van der Waals surface area contributed by atoms with Gasteiger partial charge in [-0.1, -0.05) is 30.3 Å². The zero-order valence-electron chi connectivity index (χ0n) is 14.3. The van der Waals surface area contributed by atoms with Gasteiger partial charge in [0.2, 0.25) is 0 Å². The number of hydrogen-bond donors (Lipinski definition) is 0. The second kappa shape index (κ2) is 6.75. The van der Waals surface area contributed by atoms with Crippen molar-refractivity contribution in [3.63, 3.8) is 0 Å². The summed E-state index contributed by atoms with van der Waals surface area (Å²) in [6, 6.07) is 13.8. The predicted octanol–water partition coefficient (Wildman–Crippen LogP) is 3.63. The van der Waals surface area contributed by atoms with Crippen molar-refractivity contribution in [1.82, 2.24) is 9.47 Å². The normalized spacial score (nSPS) is 14.1. The van der Waals surface area contributed by atoms with Gasteiger partial charge in [-0.15, -0.1) is 0 Å². The molecule has 1 fully saturated rings. The van der Waals surface area contributed by atoms with Gasteiger partial charge in [0.25, 0.3) is 11.7 Å². The average molecular weight is 350 g/mol. The topological polar surface area (TPSA) is 42.3 Å². The van der Waals surface area contributed by atoms with Crippen LogP contribution in [0.3, 0.4) is 0 Å². The molecule has 5 heteroatoms.